The maximum atomic E-state index is 5.97. The molecule has 23 heavy (non-hydrogen) atoms. The standard InChI is InChI=1S/C18H26O5/c1-5-11-21-15-13(2)23-18(17(20-4)16(15)19-3)22-12-14-9-7-6-8-10-14/h5-10,13,15-18H,1,11-12H2,2-4H3/t13-,15-,16+,17+,18+/m0/s1. The highest BCUT2D eigenvalue weighted by molar-refractivity contribution is 5.13. The molecule has 5 heteroatoms. The first-order valence-corrected chi connectivity index (χ1v) is 7.80. The minimum absolute atomic E-state index is 0.174. The molecule has 1 heterocycles. The molecule has 1 fully saturated rings. The Morgan fingerprint density at radius 3 is 2.35 bits per heavy atom. The minimum Gasteiger partial charge on any atom is -0.376 e. The molecular formula is C18H26O5. The lowest BCUT2D eigenvalue weighted by atomic mass is 9.99. The average molecular weight is 322 g/mol. The summed E-state index contributed by atoms with van der Waals surface area (Å²) in [6.45, 7) is 6.51. The molecule has 1 aliphatic rings. The summed E-state index contributed by atoms with van der Waals surface area (Å²) in [4.78, 5) is 0. The number of ether oxygens (including phenoxy) is 5. The molecule has 1 saturated heterocycles. The van der Waals surface area contributed by atoms with Gasteiger partial charge in [0.25, 0.3) is 0 Å². The third-order valence-electron chi connectivity index (χ3n) is 3.94. The first-order valence-electron chi connectivity index (χ1n) is 7.80. The van der Waals surface area contributed by atoms with Crippen molar-refractivity contribution in [1.29, 1.82) is 0 Å². The van der Waals surface area contributed by atoms with Gasteiger partial charge in [0.15, 0.2) is 6.29 Å². The summed E-state index contributed by atoms with van der Waals surface area (Å²) in [7, 11) is 3.27. The van der Waals surface area contributed by atoms with Gasteiger partial charge in [0, 0.05) is 14.2 Å². The Kier molecular flexibility index (Phi) is 7.20. The fraction of sp³-hybridized carbons (Fsp3) is 0.556. The first kappa shape index (κ1) is 18.1. The Bertz CT molecular complexity index is 464. The van der Waals surface area contributed by atoms with E-state index in [0.29, 0.717) is 13.2 Å². The van der Waals surface area contributed by atoms with Crippen LogP contribution < -0.4 is 0 Å². The minimum atomic E-state index is -0.510. The van der Waals surface area contributed by atoms with E-state index in [9.17, 15) is 0 Å². The van der Waals surface area contributed by atoms with E-state index < -0.39 is 6.29 Å². The molecule has 2 rings (SSSR count). The lowest BCUT2D eigenvalue weighted by molar-refractivity contribution is -0.309. The SMILES string of the molecule is C=CCO[C@@H]1[C@@H](OC)[C@@H](OC)[C@H](OCc2ccccc2)O[C@H]1C. The molecular weight excluding hydrogens is 296 g/mol. The second kappa shape index (κ2) is 9.15. The van der Waals surface area contributed by atoms with Crippen molar-refractivity contribution in [1.82, 2.24) is 0 Å². The lowest BCUT2D eigenvalue weighted by Crippen LogP contribution is -2.59. The molecule has 0 spiro atoms. The second-order valence-electron chi connectivity index (χ2n) is 5.49. The molecule has 0 bridgehead atoms. The Balaban J connectivity index is 2.03. The summed E-state index contributed by atoms with van der Waals surface area (Å²) in [6.07, 6.45) is 0.147. The van der Waals surface area contributed by atoms with Crippen LogP contribution in [0.3, 0.4) is 0 Å². The second-order valence-corrected chi connectivity index (χ2v) is 5.49. The third-order valence-corrected chi connectivity index (χ3v) is 3.94. The summed E-state index contributed by atoms with van der Waals surface area (Å²) in [5, 5.41) is 0. The first-order chi connectivity index (χ1) is 11.2. The van der Waals surface area contributed by atoms with Crippen molar-refractivity contribution in [2.75, 3.05) is 20.8 Å². The van der Waals surface area contributed by atoms with Crippen molar-refractivity contribution in [3.8, 4) is 0 Å². The number of rotatable bonds is 8. The zero-order valence-electron chi connectivity index (χ0n) is 14.0. The van der Waals surface area contributed by atoms with Gasteiger partial charge in [-0.1, -0.05) is 36.4 Å². The summed E-state index contributed by atoms with van der Waals surface area (Å²) in [5.74, 6) is 0. The normalized spacial score (nSPS) is 31.0. The molecule has 0 unspecified atom stereocenters. The van der Waals surface area contributed by atoms with Crippen molar-refractivity contribution >= 4 is 0 Å². The highest BCUT2D eigenvalue weighted by Gasteiger charge is 2.46. The average Bonchev–Trinajstić information content (AvgIpc) is 2.59. The zero-order valence-corrected chi connectivity index (χ0v) is 14.0. The number of hydrogen-bond acceptors (Lipinski definition) is 5. The van der Waals surface area contributed by atoms with Gasteiger partial charge >= 0.3 is 0 Å². The van der Waals surface area contributed by atoms with Crippen molar-refractivity contribution in [2.45, 2.75) is 44.2 Å². The number of hydrogen-bond donors (Lipinski definition) is 0. The molecule has 5 atom stereocenters. The Morgan fingerprint density at radius 2 is 1.74 bits per heavy atom. The highest BCUT2D eigenvalue weighted by atomic mass is 16.7. The molecule has 0 aliphatic carbocycles. The Hall–Kier alpha value is -1.24. The van der Waals surface area contributed by atoms with Gasteiger partial charge in [-0.2, -0.15) is 0 Å². The van der Waals surface area contributed by atoms with Gasteiger partial charge in [-0.15, -0.1) is 6.58 Å². The molecule has 1 aromatic rings. The van der Waals surface area contributed by atoms with Crippen LogP contribution in [0.2, 0.25) is 0 Å². The van der Waals surface area contributed by atoms with Gasteiger partial charge in [0.2, 0.25) is 0 Å². The number of benzene rings is 1. The van der Waals surface area contributed by atoms with Gasteiger partial charge in [0.1, 0.15) is 18.3 Å². The predicted molar refractivity (Wildman–Crippen MR) is 87.1 cm³/mol. The van der Waals surface area contributed by atoms with Crippen LogP contribution in [0.5, 0.6) is 0 Å². The predicted octanol–water partition coefficient (Wildman–Crippen LogP) is 2.55. The molecule has 0 amide bonds. The van der Waals surface area contributed by atoms with Crippen molar-refractivity contribution in [2.24, 2.45) is 0 Å². The van der Waals surface area contributed by atoms with Crippen LogP contribution in [0.1, 0.15) is 12.5 Å². The molecule has 0 aromatic heterocycles. The van der Waals surface area contributed by atoms with E-state index in [1.807, 2.05) is 37.3 Å². The van der Waals surface area contributed by atoms with Gasteiger partial charge in [0.05, 0.1) is 19.3 Å². The smallest absolute Gasteiger partial charge is 0.187 e. The van der Waals surface area contributed by atoms with Crippen LogP contribution in [0.4, 0.5) is 0 Å². The molecule has 5 nitrogen and oxygen atoms in total. The van der Waals surface area contributed by atoms with Crippen LogP contribution in [0, 0.1) is 0 Å². The summed E-state index contributed by atoms with van der Waals surface area (Å²) < 4.78 is 28.9. The van der Waals surface area contributed by atoms with Crippen LogP contribution >= 0.6 is 0 Å². The van der Waals surface area contributed by atoms with Crippen LogP contribution in [0.15, 0.2) is 43.0 Å². The Morgan fingerprint density at radius 1 is 1.04 bits per heavy atom. The highest BCUT2D eigenvalue weighted by Crippen LogP contribution is 2.28. The molecule has 1 aromatic carbocycles. The zero-order chi connectivity index (χ0) is 16.7. The molecule has 0 N–H and O–H groups in total. The third kappa shape index (κ3) is 4.62. The Labute approximate surface area is 138 Å². The lowest BCUT2D eigenvalue weighted by Gasteiger charge is -2.44. The quantitative estimate of drug-likeness (QED) is 0.688. The van der Waals surface area contributed by atoms with Gasteiger partial charge < -0.3 is 23.7 Å². The molecule has 1 aliphatic heterocycles. The summed E-state index contributed by atoms with van der Waals surface area (Å²) >= 11 is 0. The van der Waals surface area contributed by atoms with Crippen molar-refractivity contribution in [3.63, 3.8) is 0 Å². The number of methoxy groups -OCH3 is 2. The van der Waals surface area contributed by atoms with Crippen LogP contribution in [0.25, 0.3) is 0 Å². The molecule has 128 valence electrons. The van der Waals surface area contributed by atoms with E-state index >= 15 is 0 Å². The topological polar surface area (TPSA) is 46.2 Å². The van der Waals surface area contributed by atoms with E-state index in [-0.39, 0.29) is 24.4 Å². The van der Waals surface area contributed by atoms with Crippen molar-refractivity contribution in [3.05, 3.63) is 48.6 Å². The molecule has 0 radical (unpaired) electrons. The maximum Gasteiger partial charge on any atom is 0.187 e. The van der Waals surface area contributed by atoms with Crippen LogP contribution in [-0.2, 0) is 30.3 Å². The van der Waals surface area contributed by atoms with E-state index in [4.69, 9.17) is 23.7 Å². The van der Waals surface area contributed by atoms with E-state index in [1.165, 1.54) is 0 Å². The largest absolute Gasteiger partial charge is 0.376 e. The fourth-order valence-corrected chi connectivity index (χ4v) is 2.79. The van der Waals surface area contributed by atoms with Crippen LogP contribution in [-0.4, -0.2) is 51.5 Å². The van der Waals surface area contributed by atoms with Crippen molar-refractivity contribution < 1.29 is 23.7 Å². The van der Waals surface area contributed by atoms with E-state index in [1.54, 1.807) is 20.3 Å². The summed E-state index contributed by atoms with van der Waals surface area (Å²) in [5.41, 5.74) is 1.08. The summed E-state index contributed by atoms with van der Waals surface area (Å²) in [6, 6.07) is 9.96. The van der Waals surface area contributed by atoms with Gasteiger partial charge in [-0.3, -0.25) is 0 Å². The van der Waals surface area contributed by atoms with E-state index in [2.05, 4.69) is 6.58 Å². The maximum absolute atomic E-state index is 5.97. The fourth-order valence-electron chi connectivity index (χ4n) is 2.79. The van der Waals surface area contributed by atoms with E-state index in [0.717, 1.165) is 5.56 Å². The van der Waals surface area contributed by atoms with Gasteiger partial charge in [-0.25, -0.2) is 0 Å². The molecule has 0 saturated carbocycles. The monoisotopic (exact) mass is 322 g/mol. The van der Waals surface area contributed by atoms with Gasteiger partial charge in [-0.05, 0) is 12.5 Å².